The van der Waals surface area contributed by atoms with Crippen molar-refractivity contribution in [1.29, 1.82) is 0 Å². The fraction of sp³-hybridized carbons (Fsp3) is 0.222. The third-order valence-electron chi connectivity index (χ3n) is 4.20. The molecule has 4 rings (SSSR count). The molecule has 0 aliphatic heterocycles. The first-order valence-electron chi connectivity index (χ1n) is 7.68. The van der Waals surface area contributed by atoms with Crippen LogP contribution in [0.2, 0.25) is 0 Å². The molecule has 1 N–H and O–H groups in total. The van der Waals surface area contributed by atoms with Gasteiger partial charge in [-0.25, -0.2) is 9.97 Å². The minimum atomic E-state index is -4.57. The topological polar surface area (TPSA) is 37.8 Å². The van der Waals surface area contributed by atoms with Gasteiger partial charge in [0, 0.05) is 17.3 Å². The summed E-state index contributed by atoms with van der Waals surface area (Å²) in [5, 5.41) is 3.77. The van der Waals surface area contributed by atoms with Gasteiger partial charge in [-0.1, -0.05) is 42.5 Å². The average molecular weight is 329 g/mol. The molecule has 3 nitrogen and oxygen atoms in total. The monoisotopic (exact) mass is 329 g/mol. The summed E-state index contributed by atoms with van der Waals surface area (Å²) in [5.41, 5.74) is 1.48. The van der Waals surface area contributed by atoms with Gasteiger partial charge in [0.15, 0.2) is 0 Å². The summed E-state index contributed by atoms with van der Waals surface area (Å²) in [7, 11) is 0. The van der Waals surface area contributed by atoms with Crippen molar-refractivity contribution in [3.63, 3.8) is 0 Å². The Morgan fingerprint density at radius 1 is 0.917 bits per heavy atom. The van der Waals surface area contributed by atoms with Gasteiger partial charge in [0.1, 0.15) is 5.82 Å². The lowest BCUT2D eigenvalue weighted by Gasteiger charge is -2.12. The Kier molecular flexibility index (Phi) is 3.40. The summed E-state index contributed by atoms with van der Waals surface area (Å²) in [6, 6.07) is 16.8. The third kappa shape index (κ3) is 2.79. The zero-order chi connectivity index (χ0) is 16.7. The normalized spacial score (nSPS) is 20.1. The van der Waals surface area contributed by atoms with Crippen LogP contribution in [0.25, 0.3) is 10.9 Å². The Labute approximate surface area is 136 Å². The number of benzene rings is 2. The van der Waals surface area contributed by atoms with Gasteiger partial charge in [-0.2, -0.15) is 13.2 Å². The van der Waals surface area contributed by atoms with E-state index >= 15 is 0 Å². The number of aromatic nitrogens is 2. The number of anilines is 1. The van der Waals surface area contributed by atoms with Crippen LogP contribution in [0.15, 0.2) is 54.6 Å². The molecule has 2 aromatic carbocycles. The van der Waals surface area contributed by atoms with Crippen LogP contribution in [0.3, 0.4) is 0 Å². The van der Waals surface area contributed by atoms with Gasteiger partial charge in [0.25, 0.3) is 0 Å². The first kappa shape index (κ1) is 14.9. The lowest BCUT2D eigenvalue weighted by molar-refractivity contribution is -0.144. The second kappa shape index (κ2) is 5.47. The number of fused-ring (bicyclic) bond motifs is 1. The van der Waals surface area contributed by atoms with Crippen LogP contribution < -0.4 is 5.32 Å². The maximum absolute atomic E-state index is 13.0. The van der Waals surface area contributed by atoms with Crippen molar-refractivity contribution in [2.24, 2.45) is 0 Å². The van der Waals surface area contributed by atoms with E-state index in [1.165, 1.54) is 5.56 Å². The van der Waals surface area contributed by atoms with Crippen LogP contribution >= 0.6 is 0 Å². The molecular weight excluding hydrogens is 315 g/mol. The van der Waals surface area contributed by atoms with E-state index in [2.05, 4.69) is 15.3 Å². The number of hydrogen-bond donors (Lipinski definition) is 1. The molecule has 122 valence electrons. The summed E-state index contributed by atoms with van der Waals surface area (Å²) < 4.78 is 39.1. The van der Waals surface area contributed by atoms with Gasteiger partial charge in [0.05, 0.1) is 5.52 Å². The first-order chi connectivity index (χ1) is 11.5. The summed E-state index contributed by atoms with van der Waals surface area (Å²) in [6.45, 7) is 0. The Balaban J connectivity index is 1.67. The summed E-state index contributed by atoms with van der Waals surface area (Å²) in [4.78, 5) is 7.37. The molecule has 3 aromatic rings. The molecule has 0 saturated heterocycles. The van der Waals surface area contributed by atoms with Crippen LogP contribution in [0.5, 0.6) is 0 Å². The minimum Gasteiger partial charge on any atom is -0.366 e. The fourth-order valence-corrected chi connectivity index (χ4v) is 2.91. The van der Waals surface area contributed by atoms with Crippen molar-refractivity contribution in [1.82, 2.24) is 9.97 Å². The minimum absolute atomic E-state index is 0.0896. The summed E-state index contributed by atoms with van der Waals surface area (Å²) in [6.07, 6.45) is -3.69. The van der Waals surface area contributed by atoms with Gasteiger partial charge in [-0.15, -0.1) is 0 Å². The lowest BCUT2D eigenvalue weighted by Crippen LogP contribution is -2.15. The summed E-state index contributed by atoms with van der Waals surface area (Å²) in [5.74, 6) is -0.564. The van der Waals surface area contributed by atoms with E-state index < -0.39 is 12.0 Å². The molecule has 0 bridgehead atoms. The van der Waals surface area contributed by atoms with Crippen molar-refractivity contribution >= 4 is 16.7 Å². The number of halogens is 3. The molecule has 0 amide bonds. The SMILES string of the molecule is FC(F)(F)c1nc(NC2CC2c2ccccc2)c2ccccc2n1. The fourth-order valence-electron chi connectivity index (χ4n) is 2.91. The first-order valence-corrected chi connectivity index (χ1v) is 7.68. The van der Waals surface area contributed by atoms with Crippen LogP contribution in [0.1, 0.15) is 23.7 Å². The molecule has 2 atom stereocenters. The summed E-state index contributed by atoms with van der Waals surface area (Å²) >= 11 is 0. The molecule has 2 unspecified atom stereocenters. The van der Waals surface area contributed by atoms with Crippen molar-refractivity contribution in [3.8, 4) is 0 Å². The van der Waals surface area contributed by atoms with E-state index in [-0.39, 0.29) is 11.9 Å². The highest BCUT2D eigenvalue weighted by atomic mass is 19.4. The molecule has 1 aromatic heterocycles. The van der Waals surface area contributed by atoms with Gasteiger partial charge in [-0.3, -0.25) is 0 Å². The quantitative estimate of drug-likeness (QED) is 0.762. The number of nitrogens with zero attached hydrogens (tertiary/aromatic N) is 2. The molecule has 0 spiro atoms. The number of rotatable bonds is 3. The zero-order valence-corrected chi connectivity index (χ0v) is 12.6. The molecular formula is C18H14F3N3. The zero-order valence-electron chi connectivity index (χ0n) is 12.6. The molecule has 1 aliphatic carbocycles. The maximum atomic E-state index is 13.0. The molecule has 1 aliphatic rings. The van der Waals surface area contributed by atoms with Crippen molar-refractivity contribution in [2.45, 2.75) is 24.6 Å². The second-order valence-corrected chi connectivity index (χ2v) is 5.91. The van der Waals surface area contributed by atoms with Gasteiger partial charge in [0.2, 0.25) is 5.82 Å². The van der Waals surface area contributed by atoms with Crippen LogP contribution in [0.4, 0.5) is 19.0 Å². The molecule has 1 fully saturated rings. The van der Waals surface area contributed by atoms with Crippen LogP contribution in [-0.4, -0.2) is 16.0 Å². The lowest BCUT2D eigenvalue weighted by atomic mass is 10.1. The molecule has 1 saturated carbocycles. The Hall–Kier alpha value is -2.63. The predicted octanol–water partition coefficient (Wildman–Crippen LogP) is 4.62. The van der Waals surface area contributed by atoms with Crippen molar-refractivity contribution in [3.05, 3.63) is 66.0 Å². The van der Waals surface area contributed by atoms with E-state index in [9.17, 15) is 13.2 Å². The average Bonchev–Trinajstić information content (AvgIpc) is 3.34. The Morgan fingerprint density at radius 3 is 2.38 bits per heavy atom. The molecule has 1 heterocycles. The highest BCUT2D eigenvalue weighted by Gasteiger charge is 2.40. The highest BCUT2D eigenvalue weighted by Crippen LogP contribution is 2.43. The van der Waals surface area contributed by atoms with Gasteiger partial charge < -0.3 is 5.32 Å². The van der Waals surface area contributed by atoms with Crippen molar-refractivity contribution < 1.29 is 13.2 Å². The number of nitrogens with one attached hydrogen (secondary N) is 1. The molecule has 6 heteroatoms. The smallest absolute Gasteiger partial charge is 0.366 e. The van der Waals surface area contributed by atoms with Crippen LogP contribution in [-0.2, 0) is 6.18 Å². The number of hydrogen-bond acceptors (Lipinski definition) is 3. The maximum Gasteiger partial charge on any atom is 0.451 e. The predicted molar refractivity (Wildman–Crippen MR) is 85.8 cm³/mol. The van der Waals surface area contributed by atoms with E-state index in [4.69, 9.17) is 0 Å². The second-order valence-electron chi connectivity index (χ2n) is 5.91. The highest BCUT2D eigenvalue weighted by molar-refractivity contribution is 5.89. The van der Waals surface area contributed by atoms with E-state index in [0.717, 1.165) is 6.42 Å². The Bertz CT molecular complexity index is 878. The van der Waals surface area contributed by atoms with Gasteiger partial charge in [-0.05, 0) is 24.1 Å². The van der Waals surface area contributed by atoms with Gasteiger partial charge >= 0.3 is 6.18 Å². The third-order valence-corrected chi connectivity index (χ3v) is 4.20. The van der Waals surface area contributed by atoms with Crippen LogP contribution in [0, 0.1) is 0 Å². The van der Waals surface area contributed by atoms with E-state index in [1.54, 1.807) is 24.3 Å². The largest absolute Gasteiger partial charge is 0.451 e. The number of alkyl halides is 3. The molecule has 0 radical (unpaired) electrons. The Morgan fingerprint density at radius 2 is 1.62 bits per heavy atom. The van der Waals surface area contributed by atoms with Crippen molar-refractivity contribution in [2.75, 3.05) is 5.32 Å². The number of para-hydroxylation sites is 1. The van der Waals surface area contributed by atoms with E-state index in [0.29, 0.717) is 16.8 Å². The van der Waals surface area contributed by atoms with E-state index in [1.807, 2.05) is 30.3 Å². The standard InChI is InChI=1S/C18H14F3N3/c19-18(20,21)17-23-14-9-5-4-8-12(14)16(24-17)22-15-10-13(15)11-6-2-1-3-7-11/h1-9,13,15H,10H2,(H,22,23,24). The molecule has 24 heavy (non-hydrogen) atoms.